The topological polar surface area (TPSA) is 102 Å². The van der Waals surface area contributed by atoms with Gasteiger partial charge in [0.2, 0.25) is 0 Å². The van der Waals surface area contributed by atoms with Crippen LogP contribution in [0.3, 0.4) is 0 Å². The molecule has 0 aliphatic rings. The Morgan fingerprint density at radius 1 is 1.30 bits per heavy atom. The first-order valence-electron chi connectivity index (χ1n) is 7.10. The molecule has 23 heavy (non-hydrogen) atoms. The van der Waals surface area contributed by atoms with Gasteiger partial charge in [-0.1, -0.05) is 6.07 Å². The van der Waals surface area contributed by atoms with Gasteiger partial charge in [-0.15, -0.1) is 0 Å². The van der Waals surface area contributed by atoms with Crippen molar-refractivity contribution in [2.45, 2.75) is 12.6 Å². The van der Waals surface area contributed by atoms with Gasteiger partial charge in [0.05, 0.1) is 33.6 Å². The lowest BCUT2D eigenvalue weighted by Crippen LogP contribution is -2.34. The van der Waals surface area contributed by atoms with E-state index in [-0.39, 0.29) is 12.5 Å². The number of hydrogen-bond donors (Lipinski definition) is 3. The number of aliphatic hydroxyl groups excluding tert-OH is 1. The molecule has 7 nitrogen and oxygen atoms in total. The number of rotatable bonds is 7. The number of furan rings is 1. The zero-order valence-corrected chi connectivity index (χ0v) is 13.2. The maximum absolute atomic E-state index is 9.87. The Morgan fingerprint density at radius 2 is 2.09 bits per heavy atom. The Hall–Kier alpha value is -2.67. The lowest BCUT2D eigenvalue weighted by Gasteiger charge is -2.11. The average Bonchev–Trinajstić information content (AvgIpc) is 3.12. The van der Waals surface area contributed by atoms with Crippen molar-refractivity contribution < 1.29 is 19.0 Å². The fourth-order valence-corrected chi connectivity index (χ4v) is 1.99. The first-order valence-corrected chi connectivity index (χ1v) is 7.10. The third-order valence-electron chi connectivity index (χ3n) is 3.23. The predicted octanol–water partition coefficient (Wildman–Crippen LogP) is 1.43. The molecule has 1 atom stereocenters. The fourth-order valence-electron chi connectivity index (χ4n) is 1.99. The molecule has 0 fully saturated rings. The van der Waals surface area contributed by atoms with Gasteiger partial charge < -0.3 is 30.0 Å². The quantitative estimate of drug-likeness (QED) is 0.527. The van der Waals surface area contributed by atoms with Gasteiger partial charge in [0.1, 0.15) is 11.9 Å². The smallest absolute Gasteiger partial charge is 0.189 e. The van der Waals surface area contributed by atoms with Crippen LogP contribution in [0.2, 0.25) is 0 Å². The summed E-state index contributed by atoms with van der Waals surface area (Å²) >= 11 is 0. The van der Waals surface area contributed by atoms with Gasteiger partial charge in [-0.3, -0.25) is 0 Å². The lowest BCUT2D eigenvalue weighted by atomic mass is 10.2. The van der Waals surface area contributed by atoms with Gasteiger partial charge in [-0.25, -0.2) is 4.99 Å². The minimum atomic E-state index is -0.778. The van der Waals surface area contributed by atoms with Crippen molar-refractivity contribution in [1.82, 2.24) is 5.32 Å². The molecule has 1 heterocycles. The van der Waals surface area contributed by atoms with Crippen molar-refractivity contribution in [3.8, 4) is 11.5 Å². The zero-order valence-electron chi connectivity index (χ0n) is 13.2. The maximum Gasteiger partial charge on any atom is 0.189 e. The van der Waals surface area contributed by atoms with Crippen LogP contribution in [0.5, 0.6) is 11.5 Å². The highest BCUT2D eigenvalue weighted by Gasteiger charge is 2.10. The molecule has 124 valence electrons. The SMILES string of the molecule is COc1ccc(CN=C(N)NCC(O)c2ccco2)cc1OC. The van der Waals surface area contributed by atoms with E-state index in [0.29, 0.717) is 23.8 Å². The van der Waals surface area contributed by atoms with Crippen LogP contribution in [0.15, 0.2) is 46.0 Å². The van der Waals surface area contributed by atoms with Crippen LogP contribution < -0.4 is 20.5 Å². The number of nitrogens with zero attached hydrogens (tertiary/aromatic N) is 1. The van der Waals surface area contributed by atoms with Gasteiger partial charge in [0, 0.05) is 0 Å². The van der Waals surface area contributed by atoms with E-state index in [2.05, 4.69) is 10.3 Å². The third kappa shape index (κ3) is 4.65. The van der Waals surface area contributed by atoms with Crippen LogP contribution in [-0.2, 0) is 6.54 Å². The maximum atomic E-state index is 9.87. The number of aliphatic hydroxyl groups is 1. The van der Waals surface area contributed by atoms with Gasteiger partial charge in [0.15, 0.2) is 17.5 Å². The molecule has 0 saturated heterocycles. The monoisotopic (exact) mass is 319 g/mol. The van der Waals surface area contributed by atoms with E-state index >= 15 is 0 Å². The average molecular weight is 319 g/mol. The summed E-state index contributed by atoms with van der Waals surface area (Å²) in [7, 11) is 3.17. The third-order valence-corrected chi connectivity index (χ3v) is 3.23. The molecular weight excluding hydrogens is 298 g/mol. The van der Waals surface area contributed by atoms with Gasteiger partial charge in [0.25, 0.3) is 0 Å². The minimum absolute atomic E-state index is 0.217. The Morgan fingerprint density at radius 3 is 2.74 bits per heavy atom. The van der Waals surface area contributed by atoms with Crippen LogP contribution in [0, 0.1) is 0 Å². The normalized spacial score (nSPS) is 12.7. The molecule has 1 aromatic heterocycles. The second-order valence-electron chi connectivity index (χ2n) is 4.80. The summed E-state index contributed by atoms with van der Waals surface area (Å²) in [6.07, 6.45) is 0.729. The number of hydrogen-bond acceptors (Lipinski definition) is 5. The predicted molar refractivity (Wildman–Crippen MR) is 86.5 cm³/mol. The standard InChI is InChI=1S/C16H21N3O4/c1-21-14-6-5-11(8-15(14)22-2)9-18-16(17)19-10-12(20)13-4-3-7-23-13/h3-8,12,20H,9-10H2,1-2H3,(H3,17,18,19). The number of aliphatic imine (C=N–C) groups is 1. The molecule has 0 radical (unpaired) electrons. The highest BCUT2D eigenvalue weighted by atomic mass is 16.5. The highest BCUT2D eigenvalue weighted by molar-refractivity contribution is 5.77. The molecule has 0 aliphatic heterocycles. The summed E-state index contributed by atoms with van der Waals surface area (Å²) in [6, 6.07) is 8.95. The molecular formula is C16H21N3O4. The fraction of sp³-hybridized carbons (Fsp3) is 0.312. The molecule has 0 bridgehead atoms. The van der Waals surface area contributed by atoms with Gasteiger partial charge in [-0.05, 0) is 29.8 Å². The summed E-state index contributed by atoms with van der Waals surface area (Å²) in [5, 5.41) is 12.7. The molecule has 0 amide bonds. The molecule has 2 rings (SSSR count). The lowest BCUT2D eigenvalue weighted by molar-refractivity contribution is 0.153. The summed E-state index contributed by atoms with van der Waals surface area (Å²) < 4.78 is 15.5. The van der Waals surface area contributed by atoms with E-state index in [1.54, 1.807) is 26.4 Å². The molecule has 7 heteroatoms. The summed E-state index contributed by atoms with van der Waals surface area (Å²) in [5.74, 6) is 2.02. The van der Waals surface area contributed by atoms with Crippen LogP contribution in [0.4, 0.5) is 0 Å². The number of benzene rings is 1. The molecule has 0 aliphatic carbocycles. The van der Waals surface area contributed by atoms with Gasteiger partial charge >= 0.3 is 0 Å². The second-order valence-corrected chi connectivity index (χ2v) is 4.80. The Kier molecular flexibility index (Phi) is 5.87. The van der Waals surface area contributed by atoms with Crippen molar-refractivity contribution in [2.24, 2.45) is 10.7 Å². The number of ether oxygens (including phenoxy) is 2. The van der Waals surface area contributed by atoms with Crippen LogP contribution in [-0.4, -0.2) is 31.8 Å². The Balaban J connectivity index is 1.89. The van der Waals surface area contributed by atoms with Crippen LogP contribution in [0.25, 0.3) is 0 Å². The summed E-state index contributed by atoms with van der Waals surface area (Å²) in [6.45, 7) is 0.602. The number of methoxy groups -OCH3 is 2. The molecule has 0 spiro atoms. The summed E-state index contributed by atoms with van der Waals surface area (Å²) in [4.78, 5) is 4.22. The Labute approximate surface area is 134 Å². The largest absolute Gasteiger partial charge is 0.493 e. The Bertz CT molecular complexity index is 641. The van der Waals surface area contributed by atoms with Crippen LogP contribution in [0.1, 0.15) is 17.4 Å². The van der Waals surface area contributed by atoms with Crippen molar-refractivity contribution in [2.75, 3.05) is 20.8 Å². The van der Waals surface area contributed by atoms with E-state index in [1.165, 1.54) is 6.26 Å². The molecule has 0 saturated carbocycles. The van der Waals surface area contributed by atoms with Crippen LogP contribution >= 0.6 is 0 Å². The van der Waals surface area contributed by atoms with Gasteiger partial charge in [-0.2, -0.15) is 0 Å². The van der Waals surface area contributed by atoms with Crippen molar-refractivity contribution in [1.29, 1.82) is 0 Å². The number of guanidine groups is 1. The van der Waals surface area contributed by atoms with Crippen molar-refractivity contribution in [3.05, 3.63) is 47.9 Å². The van der Waals surface area contributed by atoms with Crippen molar-refractivity contribution in [3.63, 3.8) is 0 Å². The van der Waals surface area contributed by atoms with Crippen molar-refractivity contribution >= 4 is 5.96 Å². The van der Waals surface area contributed by atoms with E-state index in [1.807, 2.05) is 18.2 Å². The second kappa shape index (κ2) is 8.09. The van der Waals surface area contributed by atoms with E-state index in [0.717, 1.165) is 5.56 Å². The van der Waals surface area contributed by atoms with E-state index in [9.17, 15) is 5.11 Å². The summed E-state index contributed by atoms with van der Waals surface area (Å²) in [5.41, 5.74) is 6.72. The molecule has 2 aromatic rings. The minimum Gasteiger partial charge on any atom is -0.493 e. The zero-order chi connectivity index (χ0) is 16.7. The number of nitrogens with two attached hydrogens (primary N) is 1. The molecule has 1 aromatic carbocycles. The number of nitrogens with one attached hydrogen (secondary N) is 1. The molecule has 4 N–H and O–H groups in total. The highest BCUT2D eigenvalue weighted by Crippen LogP contribution is 2.27. The van der Waals surface area contributed by atoms with E-state index in [4.69, 9.17) is 19.6 Å². The first kappa shape index (κ1) is 16.7. The first-order chi connectivity index (χ1) is 11.1. The molecule has 1 unspecified atom stereocenters. The van der Waals surface area contributed by atoms with E-state index < -0.39 is 6.10 Å².